The normalized spacial score (nSPS) is 9.50. The van der Waals surface area contributed by atoms with Gasteiger partial charge in [0.15, 0.2) is 0 Å². The van der Waals surface area contributed by atoms with E-state index in [0.717, 1.165) is 6.42 Å². The van der Waals surface area contributed by atoms with Crippen molar-refractivity contribution < 1.29 is 0 Å². The summed E-state index contributed by atoms with van der Waals surface area (Å²) in [5, 5.41) is 5.77. The lowest BCUT2D eigenvalue weighted by Crippen LogP contribution is -1.87. The van der Waals surface area contributed by atoms with E-state index in [9.17, 15) is 0 Å². The average molecular weight is 215 g/mol. The Labute approximate surface area is 98.5 Å². The van der Waals surface area contributed by atoms with Gasteiger partial charge in [0.25, 0.3) is 0 Å². The van der Waals surface area contributed by atoms with Crippen LogP contribution < -0.4 is 5.32 Å². The Morgan fingerprint density at radius 2 is 1.56 bits per heavy atom. The van der Waals surface area contributed by atoms with Crippen molar-refractivity contribution in [3.8, 4) is 0 Å². The Morgan fingerprint density at radius 1 is 0.938 bits per heavy atom. The molecule has 0 atom stereocenters. The monoisotopic (exact) mass is 215 g/mol. The Balaban J connectivity index is 0.000000606. The van der Waals surface area contributed by atoms with Crippen molar-refractivity contribution in [2.24, 2.45) is 0 Å². The van der Waals surface area contributed by atoms with Gasteiger partial charge >= 0.3 is 0 Å². The van der Waals surface area contributed by atoms with Crippen LogP contribution >= 0.6 is 0 Å². The maximum Gasteiger partial charge on any atom is 0.0343 e. The van der Waals surface area contributed by atoms with E-state index in [1.54, 1.807) is 0 Å². The van der Waals surface area contributed by atoms with Gasteiger partial charge in [-0.1, -0.05) is 45.0 Å². The first-order valence-electron chi connectivity index (χ1n) is 6.04. The first kappa shape index (κ1) is 12.6. The van der Waals surface area contributed by atoms with Gasteiger partial charge in [0.1, 0.15) is 0 Å². The molecule has 0 aliphatic rings. The number of hydrogen-bond acceptors (Lipinski definition) is 1. The van der Waals surface area contributed by atoms with Gasteiger partial charge in [0.2, 0.25) is 0 Å². The number of benzene rings is 2. The first-order valence-corrected chi connectivity index (χ1v) is 6.04. The molecule has 0 saturated heterocycles. The van der Waals surface area contributed by atoms with Crippen molar-refractivity contribution in [2.75, 3.05) is 12.4 Å². The minimum Gasteiger partial charge on any atom is -0.388 e. The van der Waals surface area contributed by atoms with Gasteiger partial charge in [-0.2, -0.15) is 0 Å². The Hall–Kier alpha value is -1.50. The fraction of sp³-hybridized carbons (Fsp3) is 0.333. The highest BCUT2D eigenvalue weighted by atomic mass is 14.8. The SMILES string of the molecule is CC.CCc1ccc2cc(NC)ccc2c1. The highest BCUT2D eigenvalue weighted by molar-refractivity contribution is 5.86. The largest absolute Gasteiger partial charge is 0.388 e. The zero-order chi connectivity index (χ0) is 12.0. The van der Waals surface area contributed by atoms with Crippen molar-refractivity contribution in [2.45, 2.75) is 27.2 Å². The third-order valence-corrected chi connectivity index (χ3v) is 2.60. The number of fused-ring (bicyclic) bond motifs is 1. The molecule has 0 aliphatic heterocycles. The molecule has 2 aromatic rings. The molecular weight excluding hydrogens is 194 g/mol. The van der Waals surface area contributed by atoms with Crippen molar-refractivity contribution >= 4 is 16.5 Å². The molecule has 1 heteroatoms. The Morgan fingerprint density at radius 3 is 2.19 bits per heavy atom. The van der Waals surface area contributed by atoms with Crippen molar-refractivity contribution in [1.82, 2.24) is 0 Å². The number of rotatable bonds is 2. The van der Waals surface area contributed by atoms with E-state index in [2.05, 4.69) is 48.6 Å². The molecule has 1 N–H and O–H groups in total. The van der Waals surface area contributed by atoms with E-state index in [-0.39, 0.29) is 0 Å². The fourth-order valence-electron chi connectivity index (χ4n) is 1.67. The van der Waals surface area contributed by atoms with E-state index >= 15 is 0 Å². The maximum absolute atomic E-state index is 3.15. The Kier molecular flexibility index (Phi) is 4.84. The second-order valence-electron chi connectivity index (χ2n) is 3.50. The second-order valence-corrected chi connectivity index (χ2v) is 3.50. The van der Waals surface area contributed by atoms with Crippen LogP contribution in [0.5, 0.6) is 0 Å². The summed E-state index contributed by atoms with van der Waals surface area (Å²) in [4.78, 5) is 0. The summed E-state index contributed by atoms with van der Waals surface area (Å²) in [5.41, 5.74) is 2.57. The molecular formula is C15H21N. The zero-order valence-electron chi connectivity index (χ0n) is 10.7. The number of nitrogens with one attached hydrogen (secondary N) is 1. The molecule has 0 aliphatic carbocycles. The summed E-state index contributed by atoms with van der Waals surface area (Å²) in [7, 11) is 1.95. The number of hydrogen-bond donors (Lipinski definition) is 1. The molecule has 0 saturated carbocycles. The summed E-state index contributed by atoms with van der Waals surface area (Å²) in [6, 6.07) is 13.1. The molecule has 0 radical (unpaired) electrons. The second kappa shape index (κ2) is 6.16. The van der Waals surface area contributed by atoms with Gasteiger partial charge in [-0.05, 0) is 34.9 Å². The van der Waals surface area contributed by atoms with Crippen LogP contribution in [0.3, 0.4) is 0 Å². The van der Waals surface area contributed by atoms with Crippen LogP contribution in [0.2, 0.25) is 0 Å². The van der Waals surface area contributed by atoms with Crippen molar-refractivity contribution in [3.63, 3.8) is 0 Å². The topological polar surface area (TPSA) is 12.0 Å². The molecule has 0 spiro atoms. The summed E-state index contributed by atoms with van der Waals surface area (Å²) < 4.78 is 0. The van der Waals surface area contributed by atoms with Crippen molar-refractivity contribution in [1.29, 1.82) is 0 Å². The summed E-state index contributed by atoms with van der Waals surface area (Å²) >= 11 is 0. The lowest BCUT2D eigenvalue weighted by atomic mass is 10.1. The Bertz CT molecular complexity index is 403. The van der Waals surface area contributed by atoms with Crippen LogP contribution in [0.15, 0.2) is 36.4 Å². The van der Waals surface area contributed by atoms with E-state index in [1.807, 2.05) is 20.9 Å². The first-order chi connectivity index (χ1) is 7.83. The molecule has 2 rings (SSSR count). The summed E-state index contributed by atoms with van der Waals surface area (Å²) in [5.74, 6) is 0. The molecule has 16 heavy (non-hydrogen) atoms. The van der Waals surface area contributed by atoms with Crippen LogP contribution in [0.4, 0.5) is 5.69 Å². The molecule has 86 valence electrons. The minimum absolute atomic E-state index is 1.10. The lowest BCUT2D eigenvalue weighted by molar-refractivity contribution is 1.15. The van der Waals surface area contributed by atoms with Gasteiger partial charge in [-0.15, -0.1) is 0 Å². The predicted molar refractivity (Wildman–Crippen MR) is 74.2 cm³/mol. The van der Waals surface area contributed by atoms with Crippen LogP contribution in [-0.4, -0.2) is 7.05 Å². The van der Waals surface area contributed by atoms with Crippen LogP contribution in [0.1, 0.15) is 26.3 Å². The zero-order valence-corrected chi connectivity index (χ0v) is 10.7. The molecule has 0 heterocycles. The van der Waals surface area contributed by atoms with Gasteiger partial charge in [0, 0.05) is 12.7 Å². The molecule has 0 amide bonds. The highest BCUT2D eigenvalue weighted by Gasteiger charge is 1.96. The summed E-state index contributed by atoms with van der Waals surface area (Å²) in [6.45, 7) is 6.18. The van der Waals surface area contributed by atoms with Gasteiger partial charge in [0.05, 0.1) is 0 Å². The minimum atomic E-state index is 1.10. The molecule has 1 nitrogen and oxygen atoms in total. The standard InChI is InChI=1S/C13H15N.C2H6/c1-3-10-4-5-12-9-13(14-2)7-6-11(12)8-10;1-2/h4-9,14H,3H2,1-2H3;1-2H3. The van der Waals surface area contributed by atoms with E-state index in [1.165, 1.54) is 22.0 Å². The van der Waals surface area contributed by atoms with Crippen LogP contribution in [0, 0.1) is 0 Å². The number of aryl methyl sites for hydroxylation is 1. The molecule has 0 aromatic heterocycles. The van der Waals surface area contributed by atoms with E-state index in [0.29, 0.717) is 0 Å². The smallest absolute Gasteiger partial charge is 0.0343 e. The highest BCUT2D eigenvalue weighted by Crippen LogP contribution is 2.20. The molecule has 2 aromatic carbocycles. The summed E-state index contributed by atoms with van der Waals surface area (Å²) in [6.07, 6.45) is 1.10. The quantitative estimate of drug-likeness (QED) is 0.779. The lowest BCUT2D eigenvalue weighted by Gasteiger charge is -2.04. The van der Waals surface area contributed by atoms with E-state index in [4.69, 9.17) is 0 Å². The van der Waals surface area contributed by atoms with Gasteiger partial charge in [-0.25, -0.2) is 0 Å². The van der Waals surface area contributed by atoms with Crippen LogP contribution in [0.25, 0.3) is 10.8 Å². The molecule has 0 unspecified atom stereocenters. The number of anilines is 1. The average Bonchev–Trinajstić information content (AvgIpc) is 2.39. The fourth-order valence-corrected chi connectivity index (χ4v) is 1.67. The predicted octanol–water partition coefficient (Wildman–Crippen LogP) is 4.47. The molecule has 0 fully saturated rings. The van der Waals surface area contributed by atoms with Crippen LogP contribution in [-0.2, 0) is 6.42 Å². The maximum atomic E-state index is 3.15. The third kappa shape index (κ3) is 2.75. The third-order valence-electron chi connectivity index (χ3n) is 2.60. The molecule has 0 bridgehead atoms. The van der Waals surface area contributed by atoms with Gasteiger partial charge in [-0.3, -0.25) is 0 Å². The van der Waals surface area contributed by atoms with Gasteiger partial charge < -0.3 is 5.32 Å². The van der Waals surface area contributed by atoms with Crippen molar-refractivity contribution in [3.05, 3.63) is 42.0 Å². The van der Waals surface area contributed by atoms with E-state index < -0.39 is 0 Å².